The Hall–Kier alpha value is -4.32. The van der Waals surface area contributed by atoms with Gasteiger partial charge in [-0.05, 0) is 59.3 Å². The minimum absolute atomic E-state index is 0.417. The summed E-state index contributed by atoms with van der Waals surface area (Å²) in [6.07, 6.45) is 0. The van der Waals surface area contributed by atoms with E-state index in [2.05, 4.69) is 15.7 Å². The van der Waals surface area contributed by atoms with Crippen LogP contribution in [0.4, 0.5) is 11.4 Å². The number of fused-ring (bicyclic) bond motifs is 1. The number of benzene rings is 4. The lowest BCUT2D eigenvalue weighted by molar-refractivity contribution is 0.0596. The van der Waals surface area contributed by atoms with Crippen molar-refractivity contribution in [1.82, 2.24) is 0 Å². The standard InChI is InChI=1S/C24H17N3O3/c28-23(20-11-10-17-6-4-5-9-19(17)16-20)26-25-21-12-14-22(15-13-21)27-30-24(29)18-7-2-1-3-8-18/h1-16,27H. The van der Waals surface area contributed by atoms with Crippen molar-refractivity contribution in [1.29, 1.82) is 0 Å². The van der Waals surface area contributed by atoms with Gasteiger partial charge in [0.25, 0.3) is 5.91 Å². The molecule has 0 radical (unpaired) electrons. The highest BCUT2D eigenvalue weighted by molar-refractivity contribution is 5.98. The highest BCUT2D eigenvalue weighted by atomic mass is 16.7. The first-order valence-electron chi connectivity index (χ1n) is 9.26. The number of carbonyl (C=O) groups is 2. The molecular formula is C24H17N3O3. The Morgan fingerprint density at radius 3 is 2.17 bits per heavy atom. The minimum Gasteiger partial charge on any atom is -0.338 e. The monoisotopic (exact) mass is 395 g/mol. The van der Waals surface area contributed by atoms with E-state index in [0.717, 1.165) is 10.8 Å². The van der Waals surface area contributed by atoms with E-state index in [4.69, 9.17) is 4.84 Å². The highest BCUT2D eigenvalue weighted by Crippen LogP contribution is 2.19. The topological polar surface area (TPSA) is 80.1 Å². The van der Waals surface area contributed by atoms with Crippen molar-refractivity contribution in [2.24, 2.45) is 10.2 Å². The van der Waals surface area contributed by atoms with Crippen molar-refractivity contribution in [3.8, 4) is 0 Å². The Balaban J connectivity index is 1.37. The van der Waals surface area contributed by atoms with E-state index >= 15 is 0 Å². The summed E-state index contributed by atoms with van der Waals surface area (Å²) in [5.74, 6) is -0.903. The van der Waals surface area contributed by atoms with Crippen molar-refractivity contribution in [3.05, 3.63) is 108 Å². The molecular weight excluding hydrogens is 378 g/mol. The van der Waals surface area contributed by atoms with Gasteiger partial charge in [0.2, 0.25) is 0 Å². The summed E-state index contributed by atoms with van der Waals surface area (Å²) in [5.41, 5.74) is 4.58. The van der Waals surface area contributed by atoms with Crippen LogP contribution in [0.5, 0.6) is 0 Å². The third-order valence-corrected chi connectivity index (χ3v) is 4.39. The van der Waals surface area contributed by atoms with E-state index < -0.39 is 11.9 Å². The molecule has 0 aliphatic rings. The first-order chi connectivity index (χ1) is 14.7. The first-order valence-corrected chi connectivity index (χ1v) is 9.26. The van der Waals surface area contributed by atoms with Gasteiger partial charge in [-0.25, -0.2) is 10.3 Å². The van der Waals surface area contributed by atoms with Gasteiger partial charge in [0, 0.05) is 5.56 Å². The molecule has 4 aromatic carbocycles. The van der Waals surface area contributed by atoms with Gasteiger partial charge in [0.05, 0.1) is 16.9 Å². The van der Waals surface area contributed by atoms with Crippen LogP contribution in [-0.2, 0) is 4.84 Å². The summed E-state index contributed by atoms with van der Waals surface area (Å²) in [6.45, 7) is 0. The summed E-state index contributed by atoms with van der Waals surface area (Å²) in [4.78, 5) is 29.3. The Kier molecular flexibility index (Phi) is 5.57. The molecule has 0 atom stereocenters. The smallest absolute Gasteiger partial charge is 0.338 e. The first kappa shape index (κ1) is 19.0. The molecule has 0 aliphatic carbocycles. The number of hydrogen-bond donors (Lipinski definition) is 1. The van der Waals surface area contributed by atoms with Gasteiger partial charge < -0.3 is 4.84 Å². The van der Waals surface area contributed by atoms with Gasteiger partial charge in [-0.15, -0.1) is 10.2 Å². The number of anilines is 1. The number of azo groups is 1. The minimum atomic E-state index is -0.486. The van der Waals surface area contributed by atoms with E-state index in [1.807, 2.05) is 36.4 Å². The predicted octanol–water partition coefficient (Wildman–Crippen LogP) is 5.95. The molecule has 1 N–H and O–H groups in total. The molecule has 146 valence electrons. The molecule has 0 fully saturated rings. The molecule has 0 aliphatic heterocycles. The number of carbonyl (C=O) groups excluding carboxylic acids is 2. The summed E-state index contributed by atoms with van der Waals surface area (Å²) in [7, 11) is 0. The summed E-state index contributed by atoms with van der Waals surface area (Å²) < 4.78 is 0. The summed E-state index contributed by atoms with van der Waals surface area (Å²) in [6, 6.07) is 28.6. The van der Waals surface area contributed by atoms with Crippen LogP contribution in [-0.4, -0.2) is 11.9 Å². The lowest BCUT2D eigenvalue weighted by Gasteiger charge is -2.06. The van der Waals surface area contributed by atoms with Crippen LogP contribution in [0.25, 0.3) is 10.8 Å². The molecule has 0 bridgehead atoms. The van der Waals surface area contributed by atoms with Crippen LogP contribution in [0.3, 0.4) is 0 Å². The van der Waals surface area contributed by atoms with Gasteiger partial charge in [-0.2, -0.15) is 0 Å². The van der Waals surface area contributed by atoms with Crippen LogP contribution >= 0.6 is 0 Å². The van der Waals surface area contributed by atoms with Crippen LogP contribution in [0, 0.1) is 0 Å². The van der Waals surface area contributed by atoms with Crippen molar-refractivity contribution in [2.45, 2.75) is 0 Å². The molecule has 0 saturated heterocycles. The Morgan fingerprint density at radius 2 is 1.40 bits per heavy atom. The van der Waals surface area contributed by atoms with Gasteiger partial charge in [-0.1, -0.05) is 48.5 Å². The van der Waals surface area contributed by atoms with E-state index in [9.17, 15) is 9.59 Å². The van der Waals surface area contributed by atoms with E-state index in [-0.39, 0.29) is 0 Å². The largest absolute Gasteiger partial charge is 0.362 e. The van der Waals surface area contributed by atoms with E-state index in [1.54, 1.807) is 60.7 Å². The Morgan fingerprint density at radius 1 is 0.700 bits per heavy atom. The molecule has 6 nitrogen and oxygen atoms in total. The molecule has 30 heavy (non-hydrogen) atoms. The van der Waals surface area contributed by atoms with Crippen LogP contribution in [0.15, 0.2) is 107 Å². The number of rotatable bonds is 5. The van der Waals surface area contributed by atoms with Gasteiger partial charge in [0.1, 0.15) is 0 Å². The van der Waals surface area contributed by atoms with Gasteiger partial charge in [0.15, 0.2) is 0 Å². The summed E-state index contributed by atoms with van der Waals surface area (Å²) >= 11 is 0. The molecule has 1 amide bonds. The second-order valence-corrected chi connectivity index (χ2v) is 6.47. The van der Waals surface area contributed by atoms with Crippen molar-refractivity contribution in [2.75, 3.05) is 5.48 Å². The lowest BCUT2D eigenvalue weighted by atomic mass is 10.1. The molecule has 0 aromatic heterocycles. The second kappa shape index (κ2) is 8.79. The fraction of sp³-hybridized carbons (Fsp3) is 0. The number of nitrogens with one attached hydrogen (secondary N) is 1. The predicted molar refractivity (Wildman–Crippen MR) is 115 cm³/mol. The molecule has 4 aromatic rings. The van der Waals surface area contributed by atoms with Crippen LogP contribution in [0.2, 0.25) is 0 Å². The molecule has 0 heterocycles. The fourth-order valence-corrected chi connectivity index (χ4v) is 2.82. The molecule has 0 unspecified atom stereocenters. The van der Waals surface area contributed by atoms with E-state index in [0.29, 0.717) is 22.5 Å². The van der Waals surface area contributed by atoms with Crippen molar-refractivity contribution in [3.63, 3.8) is 0 Å². The second-order valence-electron chi connectivity index (χ2n) is 6.47. The molecule has 6 heteroatoms. The van der Waals surface area contributed by atoms with E-state index in [1.165, 1.54) is 0 Å². The lowest BCUT2D eigenvalue weighted by Crippen LogP contribution is -2.10. The fourth-order valence-electron chi connectivity index (χ4n) is 2.82. The zero-order valence-electron chi connectivity index (χ0n) is 15.9. The number of nitrogens with zero attached hydrogens (tertiary/aromatic N) is 2. The third kappa shape index (κ3) is 4.56. The van der Waals surface area contributed by atoms with Crippen LogP contribution in [0.1, 0.15) is 20.7 Å². The van der Waals surface area contributed by atoms with Gasteiger partial charge in [-0.3, -0.25) is 4.79 Å². The number of hydrogen-bond acceptors (Lipinski definition) is 5. The Labute approximate surface area is 172 Å². The maximum atomic E-state index is 12.3. The van der Waals surface area contributed by atoms with Crippen molar-refractivity contribution < 1.29 is 14.4 Å². The normalized spacial score (nSPS) is 10.8. The average Bonchev–Trinajstić information content (AvgIpc) is 2.82. The molecule has 4 rings (SSSR count). The highest BCUT2D eigenvalue weighted by Gasteiger charge is 2.07. The third-order valence-electron chi connectivity index (χ3n) is 4.39. The zero-order chi connectivity index (χ0) is 20.8. The van der Waals surface area contributed by atoms with Crippen molar-refractivity contribution >= 4 is 34.0 Å². The Bertz CT molecular complexity index is 1220. The quantitative estimate of drug-likeness (QED) is 0.335. The molecule has 0 saturated carbocycles. The maximum Gasteiger partial charge on any atom is 0.362 e. The maximum absolute atomic E-state index is 12.3. The van der Waals surface area contributed by atoms with Gasteiger partial charge >= 0.3 is 5.97 Å². The number of amides is 1. The summed E-state index contributed by atoms with van der Waals surface area (Å²) in [5, 5.41) is 9.81. The molecule has 0 spiro atoms. The van der Waals surface area contributed by atoms with Crippen LogP contribution < -0.4 is 5.48 Å². The zero-order valence-corrected chi connectivity index (χ0v) is 15.9. The SMILES string of the molecule is O=C(N=Nc1ccc(NOC(=O)c2ccccc2)cc1)c1ccc2ccccc2c1. The average molecular weight is 395 g/mol.